The van der Waals surface area contributed by atoms with Crippen LogP contribution in [0.5, 0.6) is 0 Å². The molecule has 0 fully saturated rings. The van der Waals surface area contributed by atoms with Crippen molar-refractivity contribution >= 4 is 22.8 Å². The van der Waals surface area contributed by atoms with Gasteiger partial charge >= 0.3 is 5.97 Å². The van der Waals surface area contributed by atoms with Gasteiger partial charge in [0.05, 0.1) is 13.7 Å². The van der Waals surface area contributed by atoms with Gasteiger partial charge in [-0.3, -0.25) is 4.79 Å². The SMILES string of the molecule is C=CC.CCCC(CC)N(C)C(=O)c1ccc(-c2c(C(=O)OC)n(C/C=C/COC)c3ccccc23)cc1. The summed E-state index contributed by atoms with van der Waals surface area (Å²) >= 11 is 0. The number of hydrogen-bond acceptors (Lipinski definition) is 4. The molecule has 0 aliphatic carbocycles. The van der Waals surface area contributed by atoms with Gasteiger partial charge in [0.1, 0.15) is 5.69 Å². The molecule has 0 spiro atoms. The van der Waals surface area contributed by atoms with Crippen molar-refractivity contribution in [3.05, 3.63) is 84.6 Å². The number of carbonyl (C=O) groups is 2. The Labute approximate surface area is 227 Å². The van der Waals surface area contributed by atoms with Gasteiger partial charge in [-0.2, -0.15) is 0 Å². The molecule has 38 heavy (non-hydrogen) atoms. The van der Waals surface area contributed by atoms with Crippen molar-refractivity contribution in [1.29, 1.82) is 0 Å². The van der Waals surface area contributed by atoms with E-state index in [2.05, 4.69) is 20.4 Å². The second kappa shape index (κ2) is 15.6. The molecule has 1 aromatic heterocycles. The Kier molecular flexibility index (Phi) is 12.5. The molecule has 0 radical (unpaired) electrons. The Bertz CT molecular complexity index is 1220. The maximum absolute atomic E-state index is 13.1. The van der Waals surface area contributed by atoms with Crippen LogP contribution in [0.4, 0.5) is 0 Å². The summed E-state index contributed by atoms with van der Waals surface area (Å²) in [5.41, 5.74) is 3.73. The van der Waals surface area contributed by atoms with E-state index in [4.69, 9.17) is 9.47 Å². The van der Waals surface area contributed by atoms with Crippen molar-refractivity contribution in [2.45, 2.75) is 52.6 Å². The zero-order valence-corrected chi connectivity index (χ0v) is 23.7. The summed E-state index contributed by atoms with van der Waals surface area (Å²) in [5, 5.41) is 0.957. The van der Waals surface area contributed by atoms with E-state index in [1.54, 1.807) is 13.2 Å². The highest BCUT2D eigenvalue weighted by molar-refractivity contribution is 6.09. The molecule has 0 aliphatic rings. The second-order valence-electron chi connectivity index (χ2n) is 9.02. The second-order valence-corrected chi connectivity index (χ2v) is 9.02. The maximum Gasteiger partial charge on any atom is 0.355 e. The van der Waals surface area contributed by atoms with Crippen molar-refractivity contribution in [1.82, 2.24) is 9.47 Å². The van der Waals surface area contributed by atoms with Crippen LogP contribution in [0.1, 0.15) is 60.9 Å². The first-order chi connectivity index (χ1) is 18.4. The summed E-state index contributed by atoms with van der Waals surface area (Å²) in [6, 6.07) is 15.7. The van der Waals surface area contributed by atoms with Gasteiger partial charge in [-0.05, 0) is 43.5 Å². The van der Waals surface area contributed by atoms with Crippen LogP contribution in [0.3, 0.4) is 0 Å². The third-order valence-electron chi connectivity index (χ3n) is 6.45. The van der Waals surface area contributed by atoms with Crippen LogP contribution in [0.2, 0.25) is 0 Å². The van der Waals surface area contributed by atoms with Crippen LogP contribution in [0.25, 0.3) is 22.0 Å². The van der Waals surface area contributed by atoms with E-state index in [0.29, 0.717) is 24.4 Å². The number of nitrogens with zero attached hydrogens (tertiary/aromatic N) is 2. The highest BCUT2D eigenvalue weighted by Crippen LogP contribution is 2.36. The van der Waals surface area contributed by atoms with Gasteiger partial charge in [-0.15, -0.1) is 6.58 Å². The molecule has 3 rings (SSSR count). The summed E-state index contributed by atoms with van der Waals surface area (Å²) < 4.78 is 12.3. The van der Waals surface area contributed by atoms with E-state index in [1.165, 1.54) is 7.11 Å². The molecule has 0 saturated heterocycles. The van der Waals surface area contributed by atoms with Gasteiger partial charge in [0.15, 0.2) is 0 Å². The van der Waals surface area contributed by atoms with E-state index >= 15 is 0 Å². The first-order valence-corrected chi connectivity index (χ1v) is 13.2. The minimum Gasteiger partial charge on any atom is -0.464 e. The highest BCUT2D eigenvalue weighted by atomic mass is 16.5. The molecule has 0 N–H and O–H groups in total. The zero-order valence-electron chi connectivity index (χ0n) is 23.7. The van der Waals surface area contributed by atoms with E-state index in [1.807, 2.05) is 84.1 Å². The third kappa shape index (κ3) is 7.23. The fourth-order valence-electron chi connectivity index (χ4n) is 4.59. The number of para-hydroxylation sites is 1. The molecule has 1 unspecified atom stereocenters. The quantitative estimate of drug-likeness (QED) is 0.200. The normalized spacial score (nSPS) is 11.6. The molecule has 1 atom stereocenters. The molecule has 6 heteroatoms. The molecular formula is C32H42N2O4. The van der Waals surface area contributed by atoms with Crippen LogP contribution >= 0.6 is 0 Å². The highest BCUT2D eigenvalue weighted by Gasteiger charge is 2.25. The van der Waals surface area contributed by atoms with Crippen molar-refractivity contribution < 1.29 is 19.1 Å². The lowest BCUT2D eigenvalue weighted by Gasteiger charge is -2.27. The predicted molar refractivity (Wildman–Crippen MR) is 157 cm³/mol. The van der Waals surface area contributed by atoms with Crippen molar-refractivity contribution in [2.75, 3.05) is 27.9 Å². The Morgan fingerprint density at radius 3 is 2.29 bits per heavy atom. The number of allylic oxidation sites excluding steroid dienone is 2. The van der Waals surface area contributed by atoms with Crippen molar-refractivity contribution in [2.24, 2.45) is 0 Å². The smallest absolute Gasteiger partial charge is 0.355 e. The van der Waals surface area contributed by atoms with E-state index in [0.717, 1.165) is 41.3 Å². The number of hydrogen-bond donors (Lipinski definition) is 0. The molecule has 1 amide bonds. The minimum atomic E-state index is -0.401. The molecule has 3 aromatic rings. The number of methoxy groups -OCH3 is 2. The minimum absolute atomic E-state index is 0.00995. The lowest BCUT2D eigenvalue weighted by atomic mass is 9.99. The zero-order chi connectivity index (χ0) is 28.1. The Hall–Kier alpha value is -3.64. The first-order valence-electron chi connectivity index (χ1n) is 13.2. The van der Waals surface area contributed by atoms with E-state index < -0.39 is 5.97 Å². The summed E-state index contributed by atoms with van der Waals surface area (Å²) in [4.78, 5) is 27.9. The van der Waals surface area contributed by atoms with Crippen LogP contribution in [0, 0.1) is 0 Å². The summed E-state index contributed by atoms with van der Waals surface area (Å²) in [7, 11) is 4.92. The number of amides is 1. The fraction of sp³-hybridized carbons (Fsp3) is 0.375. The monoisotopic (exact) mass is 518 g/mol. The van der Waals surface area contributed by atoms with Gasteiger partial charge in [0, 0.05) is 48.8 Å². The fourth-order valence-corrected chi connectivity index (χ4v) is 4.59. The third-order valence-corrected chi connectivity index (χ3v) is 6.45. The average Bonchev–Trinajstić information content (AvgIpc) is 3.27. The Balaban J connectivity index is 0.00000161. The van der Waals surface area contributed by atoms with Crippen molar-refractivity contribution in [3.63, 3.8) is 0 Å². The Morgan fingerprint density at radius 1 is 1.05 bits per heavy atom. The molecular weight excluding hydrogens is 476 g/mol. The van der Waals surface area contributed by atoms with Crippen molar-refractivity contribution in [3.8, 4) is 11.1 Å². The lowest BCUT2D eigenvalue weighted by Crippen LogP contribution is -2.36. The number of carbonyl (C=O) groups excluding carboxylic acids is 2. The van der Waals surface area contributed by atoms with Crippen LogP contribution < -0.4 is 0 Å². The van der Waals surface area contributed by atoms with Gasteiger partial charge < -0.3 is 18.9 Å². The maximum atomic E-state index is 13.1. The Morgan fingerprint density at radius 2 is 1.71 bits per heavy atom. The lowest BCUT2D eigenvalue weighted by molar-refractivity contribution is 0.0590. The largest absolute Gasteiger partial charge is 0.464 e. The van der Waals surface area contributed by atoms with Gasteiger partial charge in [-0.25, -0.2) is 4.79 Å². The van der Waals surface area contributed by atoms with Gasteiger partial charge in [0.25, 0.3) is 5.91 Å². The number of esters is 1. The summed E-state index contributed by atoms with van der Waals surface area (Å²) in [6.07, 6.45) is 8.60. The van der Waals surface area contributed by atoms with Gasteiger partial charge in [-0.1, -0.05) is 68.8 Å². The average molecular weight is 519 g/mol. The number of fused-ring (bicyclic) bond motifs is 1. The summed E-state index contributed by atoms with van der Waals surface area (Å²) in [5.74, 6) is -0.391. The molecule has 1 heterocycles. The topological polar surface area (TPSA) is 60.8 Å². The molecule has 0 saturated carbocycles. The number of rotatable bonds is 11. The standard InChI is InChI=1S/C29H36N2O4.C3H6/c1-6-12-23(7-2)30(3)28(32)22-17-15-21(16-18-22)26-24-13-8-9-14-25(24)31(19-10-11-20-34-4)27(26)29(33)35-5;1-3-2/h8-11,13-18,23H,6-7,12,19-20H2,1-5H3;3H,1H2,2H3/b11-10+;. The van der Waals surface area contributed by atoms with Crippen LogP contribution in [-0.2, 0) is 16.0 Å². The molecule has 0 aliphatic heterocycles. The number of ether oxygens (including phenoxy) is 2. The molecule has 2 aromatic carbocycles. The number of benzene rings is 2. The van der Waals surface area contributed by atoms with Crippen LogP contribution in [-0.4, -0.2) is 55.3 Å². The molecule has 6 nitrogen and oxygen atoms in total. The first kappa shape index (κ1) is 30.6. The van der Waals surface area contributed by atoms with E-state index in [-0.39, 0.29) is 11.9 Å². The van der Waals surface area contributed by atoms with E-state index in [9.17, 15) is 9.59 Å². The van der Waals surface area contributed by atoms with Crippen LogP contribution in [0.15, 0.2) is 73.3 Å². The van der Waals surface area contributed by atoms with Gasteiger partial charge in [0.2, 0.25) is 0 Å². The summed E-state index contributed by atoms with van der Waals surface area (Å²) in [6.45, 7) is 10.5. The molecule has 204 valence electrons. The number of aromatic nitrogens is 1. The molecule has 0 bridgehead atoms. The predicted octanol–water partition coefficient (Wildman–Crippen LogP) is 7.14.